The molecule has 2 heterocycles. The first-order valence-electron chi connectivity index (χ1n) is 17.0. The van der Waals surface area contributed by atoms with Crippen LogP contribution in [0.15, 0.2) is 113 Å². The number of amides is 2. The molecule has 0 bridgehead atoms. The molecule has 0 radical (unpaired) electrons. The molecule has 0 saturated heterocycles. The quantitative estimate of drug-likeness (QED) is 0.0692. The van der Waals surface area contributed by atoms with Crippen LogP contribution in [0.2, 0.25) is 0 Å². The Bertz CT molecular complexity index is 1990. The minimum atomic E-state index is -1.43. The molecule has 2 atom stereocenters. The number of carboxylic acids is 1. The normalized spacial score (nSPS) is 13.9. The fourth-order valence-electron chi connectivity index (χ4n) is 5.78. The summed E-state index contributed by atoms with van der Waals surface area (Å²) >= 11 is 0. The molecule has 4 aromatic rings. The maximum Gasteiger partial charge on any atom is 0.339 e. The van der Waals surface area contributed by atoms with Crippen LogP contribution in [0.1, 0.15) is 67.5 Å². The van der Waals surface area contributed by atoms with Gasteiger partial charge in [-0.25, -0.2) is 4.79 Å². The maximum absolute atomic E-state index is 14.3. The fraction of sp³-hybridized carbons (Fsp3) is 0.268. The highest BCUT2D eigenvalue weighted by Gasteiger charge is 2.35. The van der Waals surface area contributed by atoms with Gasteiger partial charge in [-0.15, -0.1) is 0 Å². The van der Waals surface area contributed by atoms with Gasteiger partial charge in [-0.1, -0.05) is 66.7 Å². The molecule has 0 spiro atoms. The van der Waals surface area contributed by atoms with Crippen molar-refractivity contribution in [3.63, 3.8) is 0 Å². The molecule has 0 fully saturated rings. The molecule has 0 aliphatic carbocycles. The standard InChI is InChI=1S/C41H42N2O10/c1-26(43(21-11-14-27-12-7-5-8-13-27)39(48)37(46)32(24-36(44)45)40(49)53-41(2,3)4)31(28-17-19-33-35(22-28)51-25-50-33)23-30-18-20-34(52-30)38(47)42-29-15-9-6-10-16-29/h5-20,22,26,31,46H,21,23-25H2,1-4H3,(H,42,47)(H,44,45)/b14-11+,37-32?/t26-,31+/m1/s1. The summed E-state index contributed by atoms with van der Waals surface area (Å²) in [5, 5.41) is 23.8. The summed E-state index contributed by atoms with van der Waals surface area (Å²) in [6, 6.07) is 26.2. The second-order valence-electron chi connectivity index (χ2n) is 13.4. The third-order valence-electron chi connectivity index (χ3n) is 8.37. The molecule has 53 heavy (non-hydrogen) atoms. The Morgan fingerprint density at radius 2 is 1.58 bits per heavy atom. The lowest BCUT2D eigenvalue weighted by atomic mass is 9.87. The topological polar surface area (TPSA) is 165 Å². The lowest BCUT2D eigenvalue weighted by Gasteiger charge is -2.34. The number of para-hydroxylation sites is 1. The van der Waals surface area contributed by atoms with E-state index < -0.39 is 59.1 Å². The number of anilines is 1. The van der Waals surface area contributed by atoms with Gasteiger partial charge in [0.15, 0.2) is 23.0 Å². The monoisotopic (exact) mass is 722 g/mol. The molecular formula is C41H42N2O10. The number of fused-ring (bicyclic) bond motifs is 1. The molecule has 1 aromatic heterocycles. The minimum Gasteiger partial charge on any atom is -0.503 e. The van der Waals surface area contributed by atoms with E-state index in [1.54, 1.807) is 88.4 Å². The number of aliphatic carboxylic acids is 1. The second-order valence-corrected chi connectivity index (χ2v) is 13.4. The van der Waals surface area contributed by atoms with Gasteiger partial charge in [-0.2, -0.15) is 0 Å². The number of rotatable bonds is 14. The van der Waals surface area contributed by atoms with Crippen LogP contribution in [-0.4, -0.2) is 63.8 Å². The van der Waals surface area contributed by atoms with Gasteiger partial charge in [0.05, 0.1) is 12.0 Å². The second kappa shape index (κ2) is 16.8. The number of furan rings is 1. The fourth-order valence-corrected chi connectivity index (χ4v) is 5.78. The average molecular weight is 723 g/mol. The van der Waals surface area contributed by atoms with Crippen molar-refractivity contribution in [3.8, 4) is 11.5 Å². The van der Waals surface area contributed by atoms with E-state index in [0.29, 0.717) is 22.9 Å². The van der Waals surface area contributed by atoms with Gasteiger partial charge in [-0.05, 0) is 75.2 Å². The van der Waals surface area contributed by atoms with E-state index >= 15 is 0 Å². The Labute approximate surface area is 307 Å². The van der Waals surface area contributed by atoms with Crippen molar-refractivity contribution in [2.45, 2.75) is 58.1 Å². The molecule has 1 aliphatic rings. The van der Waals surface area contributed by atoms with E-state index in [0.717, 1.165) is 11.1 Å². The van der Waals surface area contributed by atoms with Crippen molar-refractivity contribution >= 4 is 35.5 Å². The van der Waals surface area contributed by atoms with Crippen LogP contribution in [0.4, 0.5) is 5.69 Å². The van der Waals surface area contributed by atoms with Gasteiger partial charge in [-0.3, -0.25) is 14.4 Å². The van der Waals surface area contributed by atoms with E-state index in [1.807, 2.05) is 42.5 Å². The minimum absolute atomic E-state index is 0.0433. The number of carboxylic acid groups (broad SMARTS) is 1. The molecule has 1 aliphatic heterocycles. The third-order valence-corrected chi connectivity index (χ3v) is 8.37. The van der Waals surface area contributed by atoms with Crippen molar-refractivity contribution in [1.29, 1.82) is 0 Å². The van der Waals surface area contributed by atoms with Crippen molar-refractivity contribution in [3.05, 3.63) is 131 Å². The Kier molecular flexibility index (Phi) is 12.0. The number of nitrogens with zero attached hydrogens (tertiary/aromatic N) is 1. The molecule has 12 nitrogen and oxygen atoms in total. The highest BCUT2D eigenvalue weighted by molar-refractivity contribution is 6.04. The number of hydrogen-bond donors (Lipinski definition) is 3. The maximum atomic E-state index is 14.3. The van der Waals surface area contributed by atoms with Gasteiger partial charge < -0.3 is 39.1 Å². The molecule has 276 valence electrons. The number of aliphatic hydroxyl groups is 1. The van der Waals surface area contributed by atoms with Crippen LogP contribution in [-0.2, 0) is 25.5 Å². The van der Waals surface area contributed by atoms with E-state index in [4.69, 9.17) is 18.6 Å². The molecular weight excluding hydrogens is 680 g/mol. The Balaban J connectivity index is 1.53. The van der Waals surface area contributed by atoms with Crippen molar-refractivity contribution < 1.29 is 48.0 Å². The summed E-state index contributed by atoms with van der Waals surface area (Å²) in [6.07, 6.45) is 2.78. The summed E-state index contributed by atoms with van der Waals surface area (Å²) in [5.41, 5.74) is 0.472. The third kappa shape index (κ3) is 10.2. The first-order valence-corrected chi connectivity index (χ1v) is 17.0. The number of aliphatic hydroxyl groups excluding tert-OH is 1. The van der Waals surface area contributed by atoms with Crippen molar-refractivity contribution in [2.24, 2.45) is 0 Å². The van der Waals surface area contributed by atoms with E-state index in [1.165, 1.54) is 4.90 Å². The van der Waals surface area contributed by atoms with Crippen molar-refractivity contribution in [1.82, 2.24) is 4.90 Å². The van der Waals surface area contributed by atoms with E-state index in [9.17, 15) is 29.4 Å². The summed E-state index contributed by atoms with van der Waals surface area (Å²) in [5.74, 6) is -4.00. The van der Waals surface area contributed by atoms with Crippen LogP contribution in [0.3, 0.4) is 0 Å². The number of ether oxygens (including phenoxy) is 3. The lowest BCUT2D eigenvalue weighted by Crippen LogP contribution is -2.44. The Morgan fingerprint density at radius 1 is 0.906 bits per heavy atom. The number of hydrogen-bond acceptors (Lipinski definition) is 9. The van der Waals surface area contributed by atoms with Crippen molar-refractivity contribution in [2.75, 3.05) is 18.7 Å². The first kappa shape index (κ1) is 37.9. The zero-order chi connectivity index (χ0) is 38.1. The van der Waals surface area contributed by atoms with Gasteiger partial charge in [0.2, 0.25) is 6.79 Å². The van der Waals surface area contributed by atoms with Gasteiger partial charge in [0, 0.05) is 30.6 Å². The molecule has 0 unspecified atom stereocenters. The summed E-state index contributed by atoms with van der Waals surface area (Å²) in [6.45, 7) is 6.54. The first-order chi connectivity index (χ1) is 25.3. The number of esters is 1. The SMILES string of the molecule is C[C@H]([C@H](Cc1ccc(C(=O)Nc2ccccc2)o1)c1ccc2c(c1)OCO2)N(C/C=C/c1ccccc1)C(=O)C(O)=C(CC(=O)O)C(=O)OC(C)(C)C. The largest absolute Gasteiger partial charge is 0.503 e. The zero-order valence-electron chi connectivity index (χ0n) is 29.9. The van der Waals surface area contributed by atoms with Gasteiger partial charge in [0.25, 0.3) is 11.8 Å². The summed E-state index contributed by atoms with van der Waals surface area (Å²) < 4.78 is 22.6. The molecule has 2 amide bonds. The Morgan fingerprint density at radius 3 is 2.26 bits per heavy atom. The Hall–Kier alpha value is -6.30. The lowest BCUT2D eigenvalue weighted by molar-refractivity contribution is -0.152. The zero-order valence-corrected chi connectivity index (χ0v) is 29.9. The highest BCUT2D eigenvalue weighted by Crippen LogP contribution is 2.38. The number of carbonyl (C=O) groups excluding carboxylic acids is 3. The molecule has 12 heteroatoms. The molecule has 0 saturated carbocycles. The van der Waals surface area contributed by atoms with Crippen LogP contribution < -0.4 is 14.8 Å². The number of benzene rings is 3. The van der Waals surface area contributed by atoms with Crippen LogP contribution in [0.25, 0.3) is 6.08 Å². The summed E-state index contributed by atoms with van der Waals surface area (Å²) in [4.78, 5) is 53.7. The molecule has 5 rings (SSSR count). The average Bonchev–Trinajstić information content (AvgIpc) is 3.80. The predicted molar refractivity (Wildman–Crippen MR) is 197 cm³/mol. The van der Waals surface area contributed by atoms with Crippen LogP contribution >= 0.6 is 0 Å². The number of nitrogens with one attached hydrogen (secondary N) is 1. The smallest absolute Gasteiger partial charge is 0.339 e. The van der Waals surface area contributed by atoms with Gasteiger partial charge in [0.1, 0.15) is 11.4 Å². The van der Waals surface area contributed by atoms with Crippen LogP contribution in [0, 0.1) is 0 Å². The highest BCUT2D eigenvalue weighted by atomic mass is 16.7. The van der Waals surface area contributed by atoms with Crippen LogP contribution in [0.5, 0.6) is 11.5 Å². The predicted octanol–water partition coefficient (Wildman–Crippen LogP) is 7.15. The molecule has 3 N–H and O–H groups in total. The van der Waals surface area contributed by atoms with E-state index in [-0.39, 0.29) is 25.5 Å². The number of carbonyl (C=O) groups is 4. The summed E-state index contributed by atoms with van der Waals surface area (Å²) in [7, 11) is 0. The van der Waals surface area contributed by atoms with E-state index in [2.05, 4.69) is 5.32 Å². The molecule has 3 aromatic carbocycles. The van der Waals surface area contributed by atoms with Gasteiger partial charge >= 0.3 is 11.9 Å².